The second-order valence-corrected chi connectivity index (χ2v) is 4.56. The van der Waals surface area contributed by atoms with Crippen LogP contribution in [-0.4, -0.2) is 26.1 Å². The third-order valence-corrected chi connectivity index (χ3v) is 2.95. The van der Waals surface area contributed by atoms with Gasteiger partial charge in [-0.2, -0.15) is 9.97 Å². The highest BCUT2D eigenvalue weighted by Gasteiger charge is 2.18. The van der Waals surface area contributed by atoms with Crippen molar-refractivity contribution in [1.82, 2.24) is 15.0 Å². The molecule has 0 aliphatic heterocycles. The SMILES string of the molecule is CSc1nc(N)nc(-c2cc(C)ccc2[N+](=O)[O-])n1. The smallest absolute Gasteiger partial charge is 0.280 e. The molecule has 0 spiro atoms. The molecule has 8 heteroatoms. The first-order valence-corrected chi connectivity index (χ1v) is 6.54. The zero-order valence-electron chi connectivity index (χ0n) is 10.3. The summed E-state index contributed by atoms with van der Waals surface area (Å²) >= 11 is 1.30. The molecular weight excluding hydrogens is 266 g/mol. The van der Waals surface area contributed by atoms with Gasteiger partial charge in [0.15, 0.2) is 11.0 Å². The van der Waals surface area contributed by atoms with Crippen LogP contribution < -0.4 is 5.73 Å². The van der Waals surface area contributed by atoms with Gasteiger partial charge in [0.05, 0.1) is 10.5 Å². The lowest BCUT2D eigenvalue weighted by Crippen LogP contribution is -2.03. The van der Waals surface area contributed by atoms with Crippen LogP contribution in [0.1, 0.15) is 5.56 Å². The van der Waals surface area contributed by atoms with Gasteiger partial charge in [0.1, 0.15) is 0 Å². The zero-order valence-corrected chi connectivity index (χ0v) is 11.1. The maximum absolute atomic E-state index is 11.0. The highest BCUT2D eigenvalue weighted by atomic mass is 32.2. The van der Waals surface area contributed by atoms with Crippen molar-refractivity contribution >= 4 is 23.4 Å². The van der Waals surface area contributed by atoms with E-state index in [1.807, 2.05) is 6.92 Å². The summed E-state index contributed by atoms with van der Waals surface area (Å²) < 4.78 is 0. The van der Waals surface area contributed by atoms with E-state index in [9.17, 15) is 10.1 Å². The van der Waals surface area contributed by atoms with E-state index < -0.39 is 4.92 Å². The van der Waals surface area contributed by atoms with E-state index >= 15 is 0 Å². The van der Waals surface area contributed by atoms with Crippen molar-refractivity contribution < 1.29 is 4.92 Å². The van der Waals surface area contributed by atoms with Crippen molar-refractivity contribution in [2.75, 3.05) is 12.0 Å². The Morgan fingerprint density at radius 1 is 1.32 bits per heavy atom. The van der Waals surface area contributed by atoms with Gasteiger partial charge in [-0.05, 0) is 24.8 Å². The van der Waals surface area contributed by atoms with Crippen LogP contribution in [0, 0.1) is 17.0 Å². The van der Waals surface area contributed by atoms with Crippen LogP contribution >= 0.6 is 11.8 Å². The van der Waals surface area contributed by atoms with Gasteiger partial charge in [0.2, 0.25) is 5.95 Å². The van der Waals surface area contributed by atoms with Crippen LogP contribution in [0.5, 0.6) is 0 Å². The molecular formula is C11H11N5O2S. The van der Waals surface area contributed by atoms with Crippen molar-refractivity contribution in [3.63, 3.8) is 0 Å². The number of aromatic nitrogens is 3. The molecule has 0 bridgehead atoms. The number of nitro benzene ring substituents is 1. The fourth-order valence-electron chi connectivity index (χ4n) is 1.57. The topological polar surface area (TPSA) is 108 Å². The second-order valence-electron chi connectivity index (χ2n) is 3.78. The monoisotopic (exact) mass is 277 g/mol. The lowest BCUT2D eigenvalue weighted by molar-refractivity contribution is -0.384. The standard InChI is InChI=1S/C11H11N5O2S/c1-6-3-4-8(16(17)18)7(5-6)9-13-10(12)15-11(14-9)19-2/h3-5H,1-2H3,(H2,12,13,14,15). The Morgan fingerprint density at radius 2 is 2.05 bits per heavy atom. The van der Waals surface area contributed by atoms with Crippen molar-refractivity contribution in [3.05, 3.63) is 33.9 Å². The van der Waals surface area contributed by atoms with Crippen LogP contribution in [0.25, 0.3) is 11.4 Å². The van der Waals surface area contributed by atoms with Gasteiger partial charge in [0.25, 0.3) is 5.69 Å². The maximum Gasteiger partial charge on any atom is 0.280 e. The number of thioether (sulfide) groups is 1. The summed E-state index contributed by atoms with van der Waals surface area (Å²) in [6.45, 7) is 1.84. The molecule has 0 fully saturated rings. The van der Waals surface area contributed by atoms with Gasteiger partial charge in [-0.1, -0.05) is 17.8 Å². The molecule has 2 rings (SSSR count). The van der Waals surface area contributed by atoms with E-state index in [1.54, 1.807) is 18.4 Å². The predicted molar refractivity (Wildman–Crippen MR) is 72.8 cm³/mol. The number of hydrogen-bond acceptors (Lipinski definition) is 7. The van der Waals surface area contributed by atoms with Gasteiger partial charge >= 0.3 is 0 Å². The molecule has 0 aliphatic rings. The van der Waals surface area contributed by atoms with E-state index in [2.05, 4.69) is 15.0 Å². The normalized spacial score (nSPS) is 10.4. The van der Waals surface area contributed by atoms with Crippen LogP contribution in [0.3, 0.4) is 0 Å². The molecule has 0 unspecified atom stereocenters. The maximum atomic E-state index is 11.0. The number of hydrogen-bond donors (Lipinski definition) is 1. The first-order valence-electron chi connectivity index (χ1n) is 5.32. The molecule has 1 aromatic heterocycles. The third kappa shape index (κ3) is 2.79. The minimum absolute atomic E-state index is 0.0464. The van der Waals surface area contributed by atoms with Gasteiger partial charge in [-0.25, -0.2) is 4.98 Å². The number of nitrogen functional groups attached to an aromatic ring is 1. The molecule has 19 heavy (non-hydrogen) atoms. The van der Waals surface area contributed by atoms with E-state index in [-0.39, 0.29) is 17.5 Å². The average molecular weight is 277 g/mol. The summed E-state index contributed by atoms with van der Waals surface area (Å²) in [5.74, 6) is 0.261. The van der Waals surface area contributed by atoms with Gasteiger partial charge in [0, 0.05) is 6.07 Å². The molecule has 1 heterocycles. The van der Waals surface area contributed by atoms with E-state index in [1.165, 1.54) is 17.8 Å². The minimum atomic E-state index is -0.465. The summed E-state index contributed by atoms with van der Waals surface area (Å²) in [4.78, 5) is 22.6. The number of nitrogens with zero attached hydrogens (tertiary/aromatic N) is 4. The molecule has 0 aliphatic carbocycles. The fourth-order valence-corrected chi connectivity index (χ4v) is 1.93. The number of anilines is 1. The molecule has 0 saturated carbocycles. The van der Waals surface area contributed by atoms with E-state index in [4.69, 9.17) is 5.73 Å². The van der Waals surface area contributed by atoms with Crippen molar-refractivity contribution in [2.45, 2.75) is 12.1 Å². The third-order valence-electron chi connectivity index (χ3n) is 2.40. The van der Waals surface area contributed by atoms with E-state index in [0.29, 0.717) is 10.7 Å². The van der Waals surface area contributed by atoms with Crippen LogP contribution in [0.15, 0.2) is 23.4 Å². The lowest BCUT2D eigenvalue weighted by Gasteiger charge is -2.05. The number of aryl methyl sites for hydroxylation is 1. The summed E-state index contributed by atoms with van der Waals surface area (Å²) in [6, 6.07) is 4.77. The van der Waals surface area contributed by atoms with Crippen LogP contribution in [0.2, 0.25) is 0 Å². The van der Waals surface area contributed by atoms with E-state index in [0.717, 1.165) is 5.56 Å². The van der Waals surface area contributed by atoms with Crippen molar-refractivity contribution in [1.29, 1.82) is 0 Å². The number of nitro groups is 1. The van der Waals surface area contributed by atoms with Gasteiger partial charge in [-0.15, -0.1) is 0 Å². The quantitative estimate of drug-likeness (QED) is 0.519. The molecule has 1 aromatic carbocycles. The number of benzene rings is 1. The Labute approximate surface area is 113 Å². The lowest BCUT2D eigenvalue weighted by atomic mass is 10.1. The second kappa shape index (κ2) is 5.19. The summed E-state index contributed by atoms with van der Waals surface area (Å²) in [5, 5.41) is 11.5. The number of nitrogens with two attached hydrogens (primary N) is 1. The summed E-state index contributed by atoms with van der Waals surface area (Å²) in [5.41, 5.74) is 6.76. The minimum Gasteiger partial charge on any atom is -0.368 e. The molecule has 2 aromatic rings. The Bertz CT molecular complexity index is 647. The Kier molecular flexibility index (Phi) is 3.61. The fraction of sp³-hybridized carbons (Fsp3) is 0.182. The predicted octanol–water partition coefficient (Wildman–Crippen LogP) is 2.06. The molecule has 0 atom stereocenters. The molecule has 2 N–H and O–H groups in total. The zero-order chi connectivity index (χ0) is 14.0. The number of rotatable bonds is 3. The van der Waals surface area contributed by atoms with Crippen LogP contribution in [0.4, 0.5) is 11.6 Å². The molecule has 0 amide bonds. The first-order chi connectivity index (χ1) is 9.01. The van der Waals surface area contributed by atoms with Gasteiger partial charge < -0.3 is 5.73 Å². The molecule has 0 radical (unpaired) electrons. The van der Waals surface area contributed by atoms with Crippen LogP contribution in [-0.2, 0) is 0 Å². The Balaban J connectivity index is 2.66. The summed E-state index contributed by atoms with van der Waals surface area (Å²) in [6.07, 6.45) is 1.79. The first kappa shape index (κ1) is 13.2. The Morgan fingerprint density at radius 3 is 2.68 bits per heavy atom. The molecule has 0 saturated heterocycles. The highest BCUT2D eigenvalue weighted by molar-refractivity contribution is 7.98. The van der Waals surface area contributed by atoms with Crippen molar-refractivity contribution in [3.8, 4) is 11.4 Å². The van der Waals surface area contributed by atoms with Gasteiger partial charge in [-0.3, -0.25) is 10.1 Å². The molecule has 7 nitrogen and oxygen atoms in total. The van der Waals surface area contributed by atoms with Crippen molar-refractivity contribution in [2.24, 2.45) is 0 Å². The summed E-state index contributed by atoms with van der Waals surface area (Å²) in [7, 11) is 0. The molecule has 98 valence electrons. The highest BCUT2D eigenvalue weighted by Crippen LogP contribution is 2.29. The average Bonchev–Trinajstić information content (AvgIpc) is 2.37. The Hall–Kier alpha value is -2.22. The largest absolute Gasteiger partial charge is 0.368 e.